The van der Waals surface area contributed by atoms with Crippen LogP contribution < -0.4 is 5.32 Å². The van der Waals surface area contributed by atoms with Crippen molar-refractivity contribution in [1.82, 2.24) is 4.98 Å². The van der Waals surface area contributed by atoms with E-state index in [2.05, 4.69) is 10.3 Å². The van der Waals surface area contributed by atoms with Crippen molar-refractivity contribution in [3.8, 4) is 0 Å². The number of hydrogen-bond acceptors (Lipinski definition) is 4. The maximum atomic E-state index is 13.3. The van der Waals surface area contributed by atoms with Crippen molar-refractivity contribution < 1.29 is 27.5 Å². The zero-order valence-corrected chi connectivity index (χ0v) is 13.2. The Morgan fingerprint density at radius 1 is 1.20 bits per heavy atom. The number of aliphatic hydroxyl groups is 1. The van der Waals surface area contributed by atoms with Crippen molar-refractivity contribution in [3.63, 3.8) is 0 Å². The molecular formula is C16H10F4N2O2S. The zero-order valence-electron chi connectivity index (χ0n) is 12.4. The predicted octanol–water partition coefficient (Wildman–Crippen LogP) is 4.20. The minimum atomic E-state index is -4.89. The normalized spacial score (nSPS) is 11.7. The van der Waals surface area contributed by atoms with Gasteiger partial charge in [-0.25, -0.2) is 9.37 Å². The fraction of sp³-hybridized carbons (Fsp3) is 0.125. The molecule has 0 saturated heterocycles. The first kappa shape index (κ1) is 17.3. The van der Waals surface area contributed by atoms with E-state index in [-0.39, 0.29) is 12.2 Å². The molecule has 0 fully saturated rings. The summed E-state index contributed by atoms with van der Waals surface area (Å²) in [5.41, 5.74) is -0.946. The van der Waals surface area contributed by atoms with Crippen LogP contribution in [0, 0.1) is 5.82 Å². The highest BCUT2D eigenvalue weighted by Crippen LogP contribution is 2.32. The number of nitrogens with one attached hydrogen (secondary N) is 1. The molecule has 3 rings (SSSR count). The highest BCUT2D eigenvalue weighted by molar-refractivity contribution is 7.18. The largest absolute Gasteiger partial charge is 0.419 e. The molecule has 3 aromatic rings. The van der Waals surface area contributed by atoms with Gasteiger partial charge in [0.2, 0.25) is 0 Å². The first-order chi connectivity index (χ1) is 11.8. The standard InChI is InChI=1S/C16H10F4N2O2S/c17-11-3-1-8(5-10(11)16(18,19)20)15(24)21-9-2-4-13-12(6-9)22-14(7-23)25-13/h1-6,23H,7H2,(H,21,24). The highest BCUT2D eigenvalue weighted by atomic mass is 32.1. The van der Waals surface area contributed by atoms with Crippen molar-refractivity contribution in [1.29, 1.82) is 0 Å². The van der Waals surface area contributed by atoms with E-state index in [0.29, 0.717) is 28.3 Å². The average Bonchev–Trinajstić information content (AvgIpc) is 2.96. The van der Waals surface area contributed by atoms with Gasteiger partial charge in [-0.15, -0.1) is 11.3 Å². The van der Waals surface area contributed by atoms with Crippen LogP contribution in [0.1, 0.15) is 20.9 Å². The van der Waals surface area contributed by atoms with Gasteiger partial charge in [0.05, 0.1) is 22.4 Å². The summed E-state index contributed by atoms with van der Waals surface area (Å²) in [5, 5.41) is 12.0. The lowest BCUT2D eigenvalue weighted by atomic mass is 10.1. The van der Waals surface area contributed by atoms with Gasteiger partial charge < -0.3 is 10.4 Å². The van der Waals surface area contributed by atoms with E-state index in [1.54, 1.807) is 12.1 Å². The number of alkyl halides is 3. The second kappa shape index (κ2) is 6.41. The molecule has 0 spiro atoms. The molecule has 0 atom stereocenters. The molecule has 0 unspecified atom stereocenters. The van der Waals surface area contributed by atoms with Gasteiger partial charge in [0.25, 0.3) is 5.91 Å². The van der Waals surface area contributed by atoms with Crippen LogP contribution in [-0.2, 0) is 12.8 Å². The summed E-state index contributed by atoms with van der Waals surface area (Å²) in [5.74, 6) is -2.24. The van der Waals surface area contributed by atoms with Crippen LogP contribution >= 0.6 is 11.3 Å². The third-order valence-corrected chi connectivity index (χ3v) is 4.38. The number of carbonyl (C=O) groups is 1. The molecule has 0 bridgehead atoms. The number of fused-ring (bicyclic) bond motifs is 1. The average molecular weight is 370 g/mol. The number of aliphatic hydroxyl groups excluding tert-OH is 1. The molecule has 0 radical (unpaired) electrons. The summed E-state index contributed by atoms with van der Waals surface area (Å²) in [6.45, 7) is -0.211. The predicted molar refractivity (Wildman–Crippen MR) is 84.9 cm³/mol. The maximum absolute atomic E-state index is 13.3. The van der Waals surface area contributed by atoms with E-state index < -0.39 is 23.5 Å². The second-order valence-corrected chi connectivity index (χ2v) is 6.21. The molecule has 2 aromatic carbocycles. The maximum Gasteiger partial charge on any atom is 0.419 e. The second-order valence-electron chi connectivity index (χ2n) is 5.09. The number of benzene rings is 2. The minimum Gasteiger partial charge on any atom is -0.389 e. The van der Waals surface area contributed by atoms with Crippen LogP contribution in [0.2, 0.25) is 0 Å². The third kappa shape index (κ3) is 3.62. The molecule has 1 aromatic heterocycles. The quantitative estimate of drug-likeness (QED) is 0.680. The topological polar surface area (TPSA) is 62.2 Å². The molecule has 0 aliphatic rings. The number of thiazole rings is 1. The van der Waals surface area contributed by atoms with Crippen LogP contribution in [0.5, 0.6) is 0 Å². The van der Waals surface area contributed by atoms with Gasteiger partial charge in [0.15, 0.2) is 0 Å². The van der Waals surface area contributed by atoms with E-state index >= 15 is 0 Å². The number of rotatable bonds is 3. The van der Waals surface area contributed by atoms with Gasteiger partial charge in [-0.1, -0.05) is 0 Å². The molecule has 0 aliphatic carbocycles. The van der Waals surface area contributed by atoms with Gasteiger partial charge in [-0.3, -0.25) is 4.79 Å². The number of carbonyl (C=O) groups excluding carboxylic acids is 1. The minimum absolute atomic E-state index is 0.211. The monoisotopic (exact) mass is 370 g/mol. The van der Waals surface area contributed by atoms with Crippen molar-refractivity contribution in [2.45, 2.75) is 12.8 Å². The van der Waals surface area contributed by atoms with Crippen molar-refractivity contribution in [3.05, 3.63) is 58.3 Å². The van der Waals surface area contributed by atoms with Crippen molar-refractivity contribution >= 4 is 33.1 Å². The number of halogens is 4. The lowest BCUT2D eigenvalue weighted by Crippen LogP contribution is -2.15. The molecule has 0 aliphatic heterocycles. The molecule has 1 heterocycles. The molecule has 2 N–H and O–H groups in total. The third-order valence-electron chi connectivity index (χ3n) is 3.36. The first-order valence-electron chi connectivity index (χ1n) is 6.96. The Morgan fingerprint density at radius 2 is 1.96 bits per heavy atom. The Kier molecular flexibility index (Phi) is 4.44. The number of hydrogen-bond donors (Lipinski definition) is 2. The number of aromatic nitrogens is 1. The lowest BCUT2D eigenvalue weighted by Gasteiger charge is -2.10. The zero-order chi connectivity index (χ0) is 18.2. The van der Waals surface area contributed by atoms with E-state index in [9.17, 15) is 22.4 Å². The summed E-state index contributed by atoms with van der Waals surface area (Å²) < 4.78 is 52.3. The Balaban J connectivity index is 1.87. The van der Waals surface area contributed by atoms with Crippen LogP contribution in [0.25, 0.3) is 10.2 Å². The lowest BCUT2D eigenvalue weighted by molar-refractivity contribution is -0.140. The molecule has 4 nitrogen and oxygen atoms in total. The SMILES string of the molecule is O=C(Nc1ccc2sc(CO)nc2c1)c1ccc(F)c(C(F)(F)F)c1. The van der Waals surface area contributed by atoms with Crippen LogP contribution in [0.15, 0.2) is 36.4 Å². The molecular weight excluding hydrogens is 360 g/mol. The Morgan fingerprint density at radius 3 is 2.64 bits per heavy atom. The molecule has 130 valence electrons. The van der Waals surface area contributed by atoms with E-state index in [0.717, 1.165) is 10.8 Å². The van der Waals surface area contributed by atoms with Crippen molar-refractivity contribution in [2.24, 2.45) is 0 Å². The summed E-state index contributed by atoms with van der Waals surface area (Å²) >= 11 is 1.29. The number of nitrogens with zero attached hydrogens (tertiary/aromatic N) is 1. The Bertz CT molecular complexity index is 953. The number of amides is 1. The molecule has 25 heavy (non-hydrogen) atoms. The van der Waals surface area contributed by atoms with Crippen molar-refractivity contribution in [2.75, 3.05) is 5.32 Å². The fourth-order valence-electron chi connectivity index (χ4n) is 2.21. The molecule has 1 amide bonds. The Hall–Kier alpha value is -2.52. The van der Waals surface area contributed by atoms with E-state index in [4.69, 9.17) is 5.11 Å². The van der Waals surface area contributed by atoms with E-state index in [1.807, 2.05) is 0 Å². The van der Waals surface area contributed by atoms with Gasteiger partial charge in [-0.2, -0.15) is 13.2 Å². The molecule has 9 heteroatoms. The fourth-order valence-corrected chi connectivity index (χ4v) is 3.02. The molecule has 0 saturated carbocycles. The van der Waals surface area contributed by atoms with E-state index in [1.165, 1.54) is 17.4 Å². The van der Waals surface area contributed by atoms with Crippen LogP contribution in [-0.4, -0.2) is 16.0 Å². The highest BCUT2D eigenvalue weighted by Gasteiger charge is 2.34. The van der Waals surface area contributed by atoms with Gasteiger partial charge in [0.1, 0.15) is 10.8 Å². The Labute approximate surface area is 142 Å². The summed E-state index contributed by atoms with van der Waals surface area (Å²) in [4.78, 5) is 16.3. The van der Waals surface area contributed by atoms with Gasteiger partial charge in [0, 0.05) is 11.3 Å². The van der Waals surface area contributed by atoms with Crippen LogP contribution in [0.3, 0.4) is 0 Å². The van der Waals surface area contributed by atoms with Crippen LogP contribution in [0.4, 0.5) is 23.2 Å². The summed E-state index contributed by atoms with van der Waals surface area (Å²) in [6, 6.07) is 6.83. The summed E-state index contributed by atoms with van der Waals surface area (Å²) in [7, 11) is 0. The van der Waals surface area contributed by atoms with Gasteiger partial charge >= 0.3 is 6.18 Å². The first-order valence-corrected chi connectivity index (χ1v) is 7.78. The smallest absolute Gasteiger partial charge is 0.389 e. The summed E-state index contributed by atoms with van der Waals surface area (Å²) in [6.07, 6.45) is -4.89. The number of anilines is 1. The van der Waals surface area contributed by atoms with Gasteiger partial charge in [-0.05, 0) is 36.4 Å².